The van der Waals surface area contributed by atoms with E-state index in [0.717, 1.165) is 11.2 Å². The van der Waals surface area contributed by atoms with Crippen LogP contribution in [0.3, 0.4) is 0 Å². The summed E-state index contributed by atoms with van der Waals surface area (Å²) >= 11 is 0. The Hall–Kier alpha value is -0.940. The molecule has 12 heavy (non-hydrogen) atoms. The second kappa shape index (κ2) is 2.27. The van der Waals surface area contributed by atoms with Crippen LogP contribution in [0.5, 0.6) is 0 Å². The van der Waals surface area contributed by atoms with E-state index in [1.807, 2.05) is 0 Å². The van der Waals surface area contributed by atoms with Gasteiger partial charge in [0, 0.05) is 0 Å². The third-order valence-corrected chi connectivity index (χ3v) is 1.50. The van der Waals surface area contributed by atoms with Crippen molar-refractivity contribution in [2.24, 2.45) is 5.10 Å². The largest absolute Gasteiger partial charge is 0.354 e. The first-order valence-corrected chi connectivity index (χ1v) is 3.60. The Labute approximate surface area is 70.3 Å². The summed E-state index contributed by atoms with van der Waals surface area (Å²) in [5.41, 5.74) is -0.527. The molecule has 5 heteroatoms. The molecule has 0 aliphatic carbocycles. The molecule has 68 valence electrons. The van der Waals surface area contributed by atoms with Crippen molar-refractivity contribution in [2.45, 2.75) is 32.1 Å². The Kier molecular flexibility index (Phi) is 1.73. The van der Waals surface area contributed by atoms with Crippen LogP contribution in [0.15, 0.2) is 5.10 Å². The SMILES string of the molecule is CC(C)(C)N1N=CC(O)(O)C1=O. The molecule has 0 radical (unpaired) electrons. The van der Waals surface area contributed by atoms with Crippen molar-refractivity contribution >= 4 is 12.1 Å². The maximum absolute atomic E-state index is 11.2. The summed E-state index contributed by atoms with van der Waals surface area (Å²) < 4.78 is 0. The van der Waals surface area contributed by atoms with Crippen LogP contribution in [0.4, 0.5) is 0 Å². The van der Waals surface area contributed by atoms with Gasteiger partial charge < -0.3 is 10.2 Å². The van der Waals surface area contributed by atoms with Gasteiger partial charge in [-0.1, -0.05) is 0 Å². The zero-order valence-electron chi connectivity index (χ0n) is 7.27. The van der Waals surface area contributed by atoms with Gasteiger partial charge >= 0.3 is 5.91 Å². The van der Waals surface area contributed by atoms with Crippen molar-refractivity contribution in [3.05, 3.63) is 0 Å². The van der Waals surface area contributed by atoms with E-state index in [1.54, 1.807) is 20.8 Å². The molecule has 1 amide bonds. The third kappa shape index (κ3) is 1.33. The Morgan fingerprint density at radius 1 is 1.50 bits per heavy atom. The highest BCUT2D eigenvalue weighted by molar-refractivity contribution is 6.03. The van der Waals surface area contributed by atoms with Gasteiger partial charge in [-0.15, -0.1) is 0 Å². The Balaban J connectivity index is 2.90. The molecule has 0 saturated carbocycles. The molecule has 0 spiro atoms. The molecule has 0 fully saturated rings. The molecular weight excluding hydrogens is 160 g/mol. The zero-order valence-corrected chi connectivity index (χ0v) is 7.27. The first-order valence-electron chi connectivity index (χ1n) is 3.60. The molecule has 2 N–H and O–H groups in total. The summed E-state index contributed by atoms with van der Waals surface area (Å²) in [5.74, 6) is -3.23. The van der Waals surface area contributed by atoms with E-state index in [9.17, 15) is 4.79 Å². The zero-order chi connectivity index (χ0) is 9.57. The predicted octanol–water partition coefficient (Wildman–Crippen LogP) is -0.706. The average molecular weight is 172 g/mol. The summed E-state index contributed by atoms with van der Waals surface area (Å²) in [6.07, 6.45) is 0.820. The molecule has 1 rings (SSSR count). The molecule has 5 nitrogen and oxygen atoms in total. The monoisotopic (exact) mass is 172 g/mol. The predicted molar refractivity (Wildman–Crippen MR) is 42.3 cm³/mol. The summed E-state index contributed by atoms with van der Waals surface area (Å²) in [6, 6.07) is 0. The molecule has 0 unspecified atom stereocenters. The second-order valence-corrected chi connectivity index (χ2v) is 3.76. The van der Waals surface area contributed by atoms with Crippen LogP contribution < -0.4 is 0 Å². The van der Waals surface area contributed by atoms with Crippen molar-refractivity contribution in [2.75, 3.05) is 0 Å². The van der Waals surface area contributed by atoms with Gasteiger partial charge in [0.25, 0.3) is 5.79 Å². The minimum atomic E-state index is -2.42. The molecule has 0 aromatic carbocycles. The molecule has 0 saturated heterocycles. The van der Waals surface area contributed by atoms with E-state index in [0.29, 0.717) is 0 Å². The lowest BCUT2D eigenvalue weighted by molar-refractivity contribution is -0.171. The lowest BCUT2D eigenvalue weighted by Crippen LogP contribution is -2.48. The van der Waals surface area contributed by atoms with Gasteiger partial charge in [0.05, 0.1) is 11.8 Å². The fourth-order valence-electron chi connectivity index (χ4n) is 0.880. The fraction of sp³-hybridized carbons (Fsp3) is 0.714. The number of aliphatic hydroxyl groups is 2. The molecule has 0 atom stereocenters. The minimum Gasteiger partial charge on any atom is -0.354 e. The number of carbonyl (C=O) groups excluding carboxylic acids is 1. The molecule has 1 aliphatic rings. The van der Waals surface area contributed by atoms with E-state index in [-0.39, 0.29) is 0 Å². The molecule has 0 bridgehead atoms. The van der Waals surface area contributed by atoms with Crippen LogP contribution in [0.1, 0.15) is 20.8 Å². The van der Waals surface area contributed by atoms with Crippen LogP contribution in [0, 0.1) is 0 Å². The van der Waals surface area contributed by atoms with Crippen LogP contribution in [0.2, 0.25) is 0 Å². The van der Waals surface area contributed by atoms with E-state index in [2.05, 4.69) is 5.10 Å². The van der Waals surface area contributed by atoms with Crippen molar-refractivity contribution in [3.63, 3.8) is 0 Å². The number of carbonyl (C=O) groups is 1. The number of hydrazone groups is 1. The summed E-state index contributed by atoms with van der Waals surface area (Å²) in [6.45, 7) is 5.26. The third-order valence-electron chi connectivity index (χ3n) is 1.50. The average Bonchev–Trinajstić information content (AvgIpc) is 2.06. The minimum absolute atomic E-state index is 0.527. The standard InChI is InChI=1S/C7H12N2O3/c1-6(2,3)9-5(10)7(11,12)4-8-9/h4,11-12H,1-3H3. The van der Waals surface area contributed by atoms with Crippen molar-refractivity contribution in [1.29, 1.82) is 0 Å². The smallest absolute Gasteiger partial charge is 0.309 e. The second-order valence-electron chi connectivity index (χ2n) is 3.76. The molecule has 0 aromatic rings. The van der Waals surface area contributed by atoms with Crippen molar-refractivity contribution in [1.82, 2.24) is 5.01 Å². The van der Waals surface area contributed by atoms with Gasteiger partial charge in [-0.2, -0.15) is 5.10 Å². The highest BCUT2D eigenvalue weighted by atomic mass is 16.5. The molecular formula is C7H12N2O3. The van der Waals surface area contributed by atoms with Gasteiger partial charge in [0.2, 0.25) is 0 Å². The quantitative estimate of drug-likeness (QED) is 0.474. The topological polar surface area (TPSA) is 73.1 Å². The highest BCUT2D eigenvalue weighted by Crippen LogP contribution is 2.21. The van der Waals surface area contributed by atoms with Crippen molar-refractivity contribution < 1.29 is 15.0 Å². The van der Waals surface area contributed by atoms with Crippen LogP contribution in [-0.2, 0) is 4.79 Å². The van der Waals surface area contributed by atoms with Gasteiger partial charge in [0.1, 0.15) is 0 Å². The normalized spacial score (nSPS) is 22.1. The fourth-order valence-corrected chi connectivity index (χ4v) is 0.880. The van der Waals surface area contributed by atoms with E-state index in [1.165, 1.54) is 0 Å². The molecule has 1 heterocycles. The van der Waals surface area contributed by atoms with Gasteiger partial charge in [0.15, 0.2) is 0 Å². The maximum Gasteiger partial charge on any atom is 0.309 e. The van der Waals surface area contributed by atoms with Gasteiger partial charge in [-0.05, 0) is 20.8 Å². The highest BCUT2D eigenvalue weighted by Gasteiger charge is 2.45. The molecule has 0 aromatic heterocycles. The van der Waals surface area contributed by atoms with Crippen LogP contribution in [-0.4, -0.2) is 38.7 Å². The van der Waals surface area contributed by atoms with Crippen LogP contribution >= 0.6 is 0 Å². The van der Waals surface area contributed by atoms with Gasteiger partial charge in [-0.3, -0.25) is 4.79 Å². The van der Waals surface area contributed by atoms with E-state index in [4.69, 9.17) is 10.2 Å². The lowest BCUT2D eigenvalue weighted by atomic mass is 10.1. The van der Waals surface area contributed by atoms with Gasteiger partial charge in [-0.25, -0.2) is 5.01 Å². The van der Waals surface area contributed by atoms with Crippen molar-refractivity contribution in [3.8, 4) is 0 Å². The Bertz CT molecular complexity index is 240. The number of hydrogen-bond acceptors (Lipinski definition) is 4. The van der Waals surface area contributed by atoms with E-state index >= 15 is 0 Å². The van der Waals surface area contributed by atoms with E-state index < -0.39 is 17.2 Å². The molecule has 1 aliphatic heterocycles. The first kappa shape index (κ1) is 9.15. The number of hydrogen-bond donors (Lipinski definition) is 2. The number of rotatable bonds is 0. The Morgan fingerprint density at radius 3 is 2.17 bits per heavy atom. The Morgan fingerprint density at radius 2 is 2.00 bits per heavy atom. The summed E-state index contributed by atoms with van der Waals surface area (Å²) in [4.78, 5) is 11.2. The summed E-state index contributed by atoms with van der Waals surface area (Å²) in [7, 11) is 0. The van der Waals surface area contributed by atoms with Crippen LogP contribution in [0.25, 0.3) is 0 Å². The number of nitrogens with zero attached hydrogens (tertiary/aromatic N) is 2. The maximum atomic E-state index is 11.2. The number of amides is 1. The summed E-state index contributed by atoms with van der Waals surface area (Å²) in [5, 5.41) is 22.7. The first-order chi connectivity index (χ1) is 5.25. The lowest BCUT2D eigenvalue weighted by Gasteiger charge is -2.28.